The first-order valence-corrected chi connectivity index (χ1v) is 14.5. The highest BCUT2D eigenvalue weighted by atomic mass is 16.6. The van der Waals surface area contributed by atoms with Crippen molar-refractivity contribution in [3.05, 3.63) is 30.0 Å². The third-order valence-corrected chi connectivity index (χ3v) is 7.07. The van der Waals surface area contributed by atoms with Crippen molar-refractivity contribution in [3.63, 3.8) is 0 Å². The van der Waals surface area contributed by atoms with E-state index in [4.69, 9.17) is 9.15 Å². The summed E-state index contributed by atoms with van der Waals surface area (Å²) in [5.74, 6) is 0.0220. The number of likely N-dealkylation sites (tertiary alicyclic amines) is 2. The van der Waals surface area contributed by atoms with Gasteiger partial charge >= 0.3 is 6.09 Å². The lowest BCUT2D eigenvalue weighted by molar-refractivity contribution is -0.140. The van der Waals surface area contributed by atoms with Gasteiger partial charge in [0.1, 0.15) is 29.5 Å². The summed E-state index contributed by atoms with van der Waals surface area (Å²) in [4.78, 5) is 61.1. The first-order valence-electron chi connectivity index (χ1n) is 14.5. The fraction of sp³-hybridized carbons (Fsp3) is 0.567. The SMILES string of the molecule is Cc1cc2cc(NC(=NC3CCCCN(CC(=O)N4CCCC4)C3=O)NC(=O)CN(C)C(=O)OC(C)(C)C)ccc2o1. The predicted molar refractivity (Wildman–Crippen MR) is 159 cm³/mol. The molecular formula is C30H42N6O6. The molecule has 0 aliphatic carbocycles. The molecule has 1 unspecified atom stereocenters. The van der Waals surface area contributed by atoms with Crippen molar-refractivity contribution in [2.45, 2.75) is 71.4 Å². The Bertz CT molecular complexity index is 1340. The van der Waals surface area contributed by atoms with Gasteiger partial charge in [-0.2, -0.15) is 0 Å². The lowest BCUT2D eigenvalue weighted by Crippen LogP contribution is -2.47. The Morgan fingerprint density at radius 2 is 1.81 bits per heavy atom. The molecule has 1 atom stereocenters. The number of likely N-dealkylation sites (N-methyl/N-ethyl adjacent to an activating group) is 1. The van der Waals surface area contributed by atoms with Gasteiger partial charge in [-0.3, -0.25) is 19.7 Å². The Balaban J connectivity index is 1.53. The molecule has 2 aromatic rings. The van der Waals surface area contributed by atoms with E-state index in [1.807, 2.05) is 25.1 Å². The Kier molecular flexibility index (Phi) is 9.74. The van der Waals surface area contributed by atoms with Gasteiger partial charge in [-0.05, 0) is 84.1 Å². The Hall–Kier alpha value is -4.09. The van der Waals surface area contributed by atoms with Crippen LogP contribution in [0.25, 0.3) is 11.0 Å². The molecule has 0 spiro atoms. The fourth-order valence-electron chi connectivity index (χ4n) is 5.02. The number of amides is 4. The zero-order chi connectivity index (χ0) is 30.4. The number of benzene rings is 1. The summed E-state index contributed by atoms with van der Waals surface area (Å²) in [5.41, 5.74) is 0.643. The van der Waals surface area contributed by atoms with Gasteiger partial charge in [0, 0.05) is 37.8 Å². The van der Waals surface area contributed by atoms with E-state index in [0.29, 0.717) is 18.7 Å². The Morgan fingerprint density at radius 1 is 1.10 bits per heavy atom. The summed E-state index contributed by atoms with van der Waals surface area (Å²) in [6, 6.07) is 6.56. The molecule has 1 aromatic heterocycles. The minimum atomic E-state index is -0.787. The van der Waals surface area contributed by atoms with Gasteiger partial charge in [0.05, 0.1) is 6.54 Å². The number of anilines is 1. The minimum absolute atomic E-state index is 0.0250. The lowest BCUT2D eigenvalue weighted by Gasteiger charge is -2.26. The second-order valence-corrected chi connectivity index (χ2v) is 12.0. The second kappa shape index (κ2) is 13.3. The van der Waals surface area contributed by atoms with Gasteiger partial charge in [-0.1, -0.05) is 0 Å². The number of nitrogens with zero attached hydrogens (tertiary/aromatic N) is 4. The first-order chi connectivity index (χ1) is 19.9. The largest absolute Gasteiger partial charge is 0.461 e. The van der Waals surface area contributed by atoms with Crippen molar-refractivity contribution in [1.29, 1.82) is 0 Å². The monoisotopic (exact) mass is 582 g/mol. The van der Waals surface area contributed by atoms with Crippen LogP contribution in [0.1, 0.15) is 58.6 Å². The molecule has 2 aliphatic rings. The minimum Gasteiger partial charge on any atom is -0.461 e. The molecule has 42 heavy (non-hydrogen) atoms. The number of hydrogen-bond donors (Lipinski definition) is 2. The third kappa shape index (κ3) is 8.46. The van der Waals surface area contributed by atoms with E-state index in [2.05, 4.69) is 15.6 Å². The molecule has 4 rings (SSSR count). The van der Waals surface area contributed by atoms with E-state index in [9.17, 15) is 19.2 Å². The molecule has 12 nitrogen and oxygen atoms in total. The second-order valence-electron chi connectivity index (χ2n) is 12.0. The molecule has 3 heterocycles. The normalized spacial score (nSPS) is 18.2. The number of aryl methyl sites for hydroxylation is 1. The molecule has 228 valence electrons. The first kappa shape index (κ1) is 30.9. The third-order valence-electron chi connectivity index (χ3n) is 7.07. The smallest absolute Gasteiger partial charge is 0.410 e. The highest BCUT2D eigenvalue weighted by Crippen LogP contribution is 2.23. The van der Waals surface area contributed by atoms with Crippen molar-refractivity contribution in [1.82, 2.24) is 20.0 Å². The van der Waals surface area contributed by atoms with E-state index in [-0.39, 0.29) is 30.9 Å². The summed E-state index contributed by atoms with van der Waals surface area (Å²) in [5, 5.41) is 6.74. The number of rotatable bonds is 6. The van der Waals surface area contributed by atoms with Crippen LogP contribution >= 0.6 is 0 Å². The fourth-order valence-corrected chi connectivity index (χ4v) is 5.02. The van der Waals surface area contributed by atoms with Crippen molar-refractivity contribution in [3.8, 4) is 0 Å². The number of nitrogens with one attached hydrogen (secondary N) is 2. The highest BCUT2D eigenvalue weighted by molar-refractivity contribution is 6.06. The Morgan fingerprint density at radius 3 is 2.52 bits per heavy atom. The van der Waals surface area contributed by atoms with Gasteiger partial charge < -0.3 is 29.2 Å². The molecule has 2 N–H and O–H groups in total. The van der Waals surface area contributed by atoms with Gasteiger partial charge in [-0.25, -0.2) is 9.79 Å². The molecule has 1 aromatic carbocycles. The molecule has 0 bridgehead atoms. The van der Waals surface area contributed by atoms with Gasteiger partial charge in [0.25, 0.3) is 0 Å². The van der Waals surface area contributed by atoms with E-state index in [1.54, 1.807) is 36.6 Å². The number of fused-ring (bicyclic) bond motifs is 1. The van der Waals surface area contributed by atoms with E-state index in [0.717, 1.165) is 55.5 Å². The molecule has 12 heteroatoms. The standard InChI is InChI=1S/C30H42N6O6/c1-20-16-21-17-22(11-12-24(21)41-20)31-28(33-25(37)18-34(5)29(40)42-30(2,3)4)32-23-10-6-7-15-36(27(23)39)19-26(38)35-13-8-9-14-35/h11-12,16-17,23H,6-10,13-15,18-19H2,1-5H3,(H2,31,32,33,37). The molecule has 4 amide bonds. The maximum absolute atomic E-state index is 13.6. The number of aliphatic imine (C=N–C) groups is 1. The van der Waals surface area contributed by atoms with E-state index < -0.39 is 23.6 Å². The van der Waals surface area contributed by atoms with Crippen molar-refractivity contribution in [2.75, 3.05) is 45.1 Å². The number of carbonyl (C=O) groups is 4. The van der Waals surface area contributed by atoms with Crippen molar-refractivity contribution < 1.29 is 28.3 Å². The quantitative estimate of drug-likeness (QED) is 0.393. The maximum atomic E-state index is 13.6. The number of hydrogen-bond acceptors (Lipinski definition) is 7. The molecule has 0 radical (unpaired) electrons. The molecule has 2 aliphatic heterocycles. The molecular weight excluding hydrogens is 540 g/mol. The topological polar surface area (TPSA) is 137 Å². The lowest BCUT2D eigenvalue weighted by atomic mass is 10.1. The average molecular weight is 583 g/mol. The number of ether oxygens (including phenoxy) is 1. The number of guanidine groups is 1. The van der Waals surface area contributed by atoms with Crippen molar-refractivity contribution >= 4 is 46.4 Å². The van der Waals surface area contributed by atoms with Crippen LogP contribution in [0.2, 0.25) is 0 Å². The van der Waals surface area contributed by atoms with Gasteiger partial charge in [0.15, 0.2) is 0 Å². The van der Waals surface area contributed by atoms with E-state index in [1.165, 1.54) is 11.9 Å². The van der Waals surface area contributed by atoms with Gasteiger partial charge in [0.2, 0.25) is 23.7 Å². The van der Waals surface area contributed by atoms with Crippen LogP contribution in [0, 0.1) is 6.92 Å². The molecule has 0 saturated carbocycles. The average Bonchev–Trinajstić information content (AvgIpc) is 3.53. The summed E-state index contributed by atoms with van der Waals surface area (Å²) in [6.07, 6.45) is 3.31. The van der Waals surface area contributed by atoms with E-state index >= 15 is 0 Å². The summed E-state index contributed by atoms with van der Waals surface area (Å²) < 4.78 is 11.0. The van der Waals surface area contributed by atoms with Crippen LogP contribution in [-0.4, -0.2) is 95.9 Å². The van der Waals surface area contributed by atoms with Crippen LogP contribution in [0.5, 0.6) is 0 Å². The van der Waals surface area contributed by atoms with Crippen LogP contribution < -0.4 is 10.6 Å². The van der Waals surface area contributed by atoms with Gasteiger partial charge in [-0.15, -0.1) is 0 Å². The molecule has 2 saturated heterocycles. The summed E-state index contributed by atoms with van der Waals surface area (Å²) in [7, 11) is 1.47. The van der Waals surface area contributed by atoms with Crippen molar-refractivity contribution in [2.24, 2.45) is 4.99 Å². The van der Waals surface area contributed by atoms with Crippen LogP contribution in [0.4, 0.5) is 10.5 Å². The summed E-state index contributed by atoms with van der Waals surface area (Å²) >= 11 is 0. The Labute approximate surface area is 246 Å². The predicted octanol–water partition coefficient (Wildman–Crippen LogP) is 3.50. The van der Waals surface area contributed by atoms with Crippen LogP contribution in [0.3, 0.4) is 0 Å². The molecule has 2 fully saturated rings. The number of furan rings is 1. The summed E-state index contributed by atoms with van der Waals surface area (Å²) in [6.45, 7) is 8.77. The zero-order valence-corrected chi connectivity index (χ0v) is 25.2. The highest BCUT2D eigenvalue weighted by Gasteiger charge is 2.31. The van der Waals surface area contributed by atoms with Crippen LogP contribution in [-0.2, 0) is 19.1 Å². The number of carbonyl (C=O) groups excluding carboxylic acids is 4. The zero-order valence-electron chi connectivity index (χ0n) is 25.2. The maximum Gasteiger partial charge on any atom is 0.410 e. The van der Waals surface area contributed by atoms with Crippen LogP contribution in [0.15, 0.2) is 33.7 Å².